The summed E-state index contributed by atoms with van der Waals surface area (Å²) in [6.45, 7) is 8.79. The van der Waals surface area contributed by atoms with Crippen molar-refractivity contribution in [1.82, 2.24) is 9.88 Å². The van der Waals surface area contributed by atoms with Gasteiger partial charge in [-0.15, -0.1) is 11.3 Å². The molecule has 180 valence electrons. The van der Waals surface area contributed by atoms with Gasteiger partial charge in [0, 0.05) is 37.5 Å². The number of piperidine rings is 1. The standard InChI is InChI=1S/C24H35N5O3S/c1-24(2,3)32-23(31)29-12-8-9-15(14-29)16-13-17(28-10-6-4-5-7-11-28)27-22-18(16)19(25)20(33-22)21(26)30/h13,15H,4-12,14,25H2,1-3H3,(H2,26,30). The Morgan fingerprint density at radius 3 is 2.45 bits per heavy atom. The molecule has 0 aliphatic carbocycles. The summed E-state index contributed by atoms with van der Waals surface area (Å²) in [5, 5.41) is 0.809. The van der Waals surface area contributed by atoms with Crippen LogP contribution in [0.15, 0.2) is 6.07 Å². The lowest BCUT2D eigenvalue weighted by Gasteiger charge is -2.35. The number of aromatic nitrogens is 1. The van der Waals surface area contributed by atoms with Gasteiger partial charge in [0.25, 0.3) is 5.91 Å². The summed E-state index contributed by atoms with van der Waals surface area (Å²) in [6, 6.07) is 2.13. The molecule has 9 heteroatoms. The minimum Gasteiger partial charge on any atom is -0.444 e. The highest BCUT2D eigenvalue weighted by molar-refractivity contribution is 7.21. The zero-order valence-corrected chi connectivity index (χ0v) is 20.7. The van der Waals surface area contributed by atoms with E-state index in [1.165, 1.54) is 24.2 Å². The van der Waals surface area contributed by atoms with Crippen LogP contribution in [0.5, 0.6) is 0 Å². The van der Waals surface area contributed by atoms with Crippen molar-refractivity contribution in [3.05, 3.63) is 16.5 Å². The van der Waals surface area contributed by atoms with Crippen molar-refractivity contribution in [3.63, 3.8) is 0 Å². The maximum Gasteiger partial charge on any atom is 0.410 e. The minimum absolute atomic E-state index is 0.0834. The summed E-state index contributed by atoms with van der Waals surface area (Å²) in [4.78, 5) is 34.9. The number of pyridine rings is 1. The second kappa shape index (κ2) is 9.37. The number of nitrogens with zero attached hydrogens (tertiary/aromatic N) is 3. The number of fused-ring (bicyclic) bond motifs is 1. The zero-order valence-electron chi connectivity index (χ0n) is 19.9. The van der Waals surface area contributed by atoms with E-state index in [0.717, 1.165) is 60.4 Å². The Hall–Kier alpha value is -2.55. The normalized spacial score (nSPS) is 20.0. The van der Waals surface area contributed by atoms with Crippen LogP contribution in [0.2, 0.25) is 0 Å². The van der Waals surface area contributed by atoms with E-state index < -0.39 is 11.5 Å². The molecule has 2 aromatic rings. The smallest absolute Gasteiger partial charge is 0.410 e. The molecule has 4 heterocycles. The third kappa shape index (κ3) is 5.18. The molecule has 0 radical (unpaired) electrons. The fraction of sp³-hybridized carbons (Fsp3) is 0.625. The zero-order chi connectivity index (χ0) is 23.8. The van der Waals surface area contributed by atoms with Crippen molar-refractivity contribution < 1.29 is 14.3 Å². The summed E-state index contributed by atoms with van der Waals surface area (Å²) < 4.78 is 5.62. The molecule has 0 spiro atoms. The van der Waals surface area contributed by atoms with Crippen LogP contribution in [0, 0.1) is 0 Å². The van der Waals surface area contributed by atoms with Gasteiger partial charge in [-0.05, 0) is 58.1 Å². The van der Waals surface area contributed by atoms with Crippen LogP contribution in [0.25, 0.3) is 10.2 Å². The Morgan fingerprint density at radius 2 is 1.82 bits per heavy atom. The predicted octanol–water partition coefficient (Wildman–Crippen LogP) is 4.47. The van der Waals surface area contributed by atoms with Gasteiger partial charge in [0.05, 0.1) is 5.69 Å². The van der Waals surface area contributed by atoms with E-state index in [2.05, 4.69) is 11.0 Å². The van der Waals surface area contributed by atoms with Gasteiger partial charge in [-0.1, -0.05) is 12.8 Å². The number of ether oxygens (including phenoxy) is 1. The van der Waals surface area contributed by atoms with Gasteiger partial charge < -0.3 is 26.0 Å². The molecule has 2 saturated heterocycles. The van der Waals surface area contributed by atoms with Gasteiger partial charge in [-0.25, -0.2) is 9.78 Å². The summed E-state index contributed by atoms with van der Waals surface area (Å²) in [5.41, 5.74) is 13.0. The highest BCUT2D eigenvalue weighted by Crippen LogP contribution is 2.42. The molecule has 2 aliphatic rings. The number of hydrogen-bond donors (Lipinski definition) is 2. The number of carbonyl (C=O) groups excluding carboxylic acids is 2. The lowest BCUT2D eigenvalue weighted by Crippen LogP contribution is -2.42. The van der Waals surface area contributed by atoms with Crippen LogP contribution >= 0.6 is 11.3 Å². The Morgan fingerprint density at radius 1 is 1.12 bits per heavy atom. The van der Waals surface area contributed by atoms with Crippen LogP contribution < -0.4 is 16.4 Å². The van der Waals surface area contributed by atoms with Gasteiger partial charge in [0.15, 0.2) is 0 Å². The maximum atomic E-state index is 12.8. The van der Waals surface area contributed by atoms with Gasteiger partial charge in [-0.3, -0.25) is 4.79 Å². The molecule has 1 atom stereocenters. The first-order valence-corrected chi connectivity index (χ1v) is 12.7. The molecule has 2 fully saturated rings. The van der Waals surface area contributed by atoms with E-state index >= 15 is 0 Å². The van der Waals surface area contributed by atoms with Crippen LogP contribution in [-0.4, -0.2) is 53.7 Å². The van der Waals surface area contributed by atoms with E-state index in [1.807, 2.05) is 20.8 Å². The van der Waals surface area contributed by atoms with E-state index in [0.29, 0.717) is 23.7 Å². The molecule has 2 aliphatic heterocycles. The molecule has 4 N–H and O–H groups in total. The van der Waals surface area contributed by atoms with Crippen molar-refractivity contribution in [2.45, 2.75) is 70.8 Å². The number of nitrogen functional groups attached to an aromatic ring is 1. The SMILES string of the molecule is CC(C)(C)OC(=O)N1CCCC(c2cc(N3CCCCCC3)nc3sc(C(N)=O)c(N)c23)C1. The van der Waals surface area contributed by atoms with Crippen LogP contribution in [0.3, 0.4) is 0 Å². The average Bonchev–Trinajstić information content (AvgIpc) is 2.92. The largest absolute Gasteiger partial charge is 0.444 e. The fourth-order valence-corrected chi connectivity index (χ4v) is 5.80. The van der Waals surface area contributed by atoms with E-state index in [-0.39, 0.29) is 12.0 Å². The molecular formula is C24H35N5O3S. The first-order chi connectivity index (χ1) is 15.6. The van der Waals surface area contributed by atoms with Crippen molar-refractivity contribution in [1.29, 1.82) is 0 Å². The lowest BCUT2D eigenvalue weighted by atomic mass is 9.89. The Kier molecular flexibility index (Phi) is 6.70. The molecule has 0 saturated carbocycles. The third-order valence-corrected chi connectivity index (χ3v) is 7.50. The van der Waals surface area contributed by atoms with Crippen molar-refractivity contribution in [3.8, 4) is 0 Å². The molecule has 8 nitrogen and oxygen atoms in total. The Bertz CT molecular complexity index is 1040. The number of anilines is 2. The van der Waals surface area contributed by atoms with E-state index in [9.17, 15) is 9.59 Å². The number of carbonyl (C=O) groups is 2. The third-order valence-electron chi connectivity index (χ3n) is 6.38. The lowest BCUT2D eigenvalue weighted by molar-refractivity contribution is 0.0198. The Balaban J connectivity index is 1.74. The molecule has 33 heavy (non-hydrogen) atoms. The predicted molar refractivity (Wildman–Crippen MR) is 133 cm³/mol. The molecular weight excluding hydrogens is 438 g/mol. The molecule has 2 aromatic heterocycles. The summed E-state index contributed by atoms with van der Waals surface area (Å²) in [7, 11) is 0. The first kappa shape index (κ1) is 23.6. The van der Waals surface area contributed by atoms with E-state index in [4.69, 9.17) is 21.2 Å². The highest BCUT2D eigenvalue weighted by atomic mass is 32.1. The van der Waals surface area contributed by atoms with Gasteiger partial charge in [0.2, 0.25) is 0 Å². The van der Waals surface area contributed by atoms with Crippen LogP contribution in [0.4, 0.5) is 16.3 Å². The van der Waals surface area contributed by atoms with Crippen LogP contribution in [-0.2, 0) is 4.74 Å². The van der Waals surface area contributed by atoms with Gasteiger partial charge in [0.1, 0.15) is 21.1 Å². The van der Waals surface area contributed by atoms with Crippen molar-refractivity contribution in [2.75, 3.05) is 36.8 Å². The molecule has 0 aromatic carbocycles. The Labute approximate surface area is 199 Å². The average molecular weight is 474 g/mol. The van der Waals surface area contributed by atoms with Crippen LogP contribution in [0.1, 0.15) is 80.4 Å². The second-order valence-electron chi connectivity index (χ2n) is 10.1. The summed E-state index contributed by atoms with van der Waals surface area (Å²) in [5.74, 6) is 0.475. The molecule has 0 bridgehead atoms. The molecule has 1 unspecified atom stereocenters. The minimum atomic E-state index is -0.540. The van der Waals surface area contributed by atoms with Gasteiger partial charge in [-0.2, -0.15) is 0 Å². The van der Waals surface area contributed by atoms with Gasteiger partial charge >= 0.3 is 6.09 Å². The number of primary amides is 1. The highest BCUT2D eigenvalue weighted by Gasteiger charge is 2.31. The number of rotatable bonds is 3. The number of thiophene rings is 1. The number of nitrogens with two attached hydrogens (primary N) is 2. The topological polar surface area (TPSA) is 115 Å². The second-order valence-corrected chi connectivity index (χ2v) is 11.1. The molecule has 2 amide bonds. The number of amides is 2. The monoisotopic (exact) mass is 473 g/mol. The maximum absolute atomic E-state index is 12.8. The number of hydrogen-bond acceptors (Lipinski definition) is 7. The van der Waals surface area contributed by atoms with E-state index in [1.54, 1.807) is 4.90 Å². The summed E-state index contributed by atoms with van der Waals surface area (Å²) >= 11 is 1.27. The molecule has 4 rings (SSSR count). The quantitative estimate of drug-likeness (QED) is 0.679. The summed E-state index contributed by atoms with van der Waals surface area (Å²) in [6.07, 6.45) is 6.27. The first-order valence-electron chi connectivity index (χ1n) is 11.9. The fourth-order valence-electron chi connectivity index (χ4n) is 4.83. The van der Waals surface area contributed by atoms with Crippen molar-refractivity contribution in [2.24, 2.45) is 5.73 Å². The number of likely N-dealkylation sites (tertiary alicyclic amines) is 1. The van der Waals surface area contributed by atoms with Crippen molar-refractivity contribution >= 4 is 45.1 Å².